The molecule has 4 rings (SSSR count). The Morgan fingerprint density at radius 3 is 2.30 bits per heavy atom. The second kappa shape index (κ2) is 9.77. The number of hydrogen-bond acceptors (Lipinski definition) is 6. The van der Waals surface area contributed by atoms with Gasteiger partial charge in [0.1, 0.15) is 5.75 Å². The van der Waals surface area contributed by atoms with Crippen LogP contribution in [0.5, 0.6) is 5.75 Å². The van der Waals surface area contributed by atoms with Gasteiger partial charge in [-0.05, 0) is 71.5 Å². The van der Waals surface area contributed by atoms with Gasteiger partial charge in [0.2, 0.25) is 0 Å². The molecule has 1 atom stereocenters. The molecule has 0 radical (unpaired) electrons. The summed E-state index contributed by atoms with van der Waals surface area (Å²) in [6.07, 6.45) is 2.03. The van der Waals surface area contributed by atoms with Crippen LogP contribution >= 0.6 is 22.7 Å². The van der Waals surface area contributed by atoms with Crippen LogP contribution in [0.15, 0.2) is 47.2 Å². The minimum Gasteiger partial charge on any atom is -0.494 e. The molecule has 0 saturated carbocycles. The smallest absolute Gasteiger partial charge is 0.335 e. The number of rotatable bonds is 10. The number of benzene rings is 1. The summed E-state index contributed by atoms with van der Waals surface area (Å²) in [6, 6.07) is 12.4. The van der Waals surface area contributed by atoms with Gasteiger partial charge in [0, 0.05) is 29.2 Å². The van der Waals surface area contributed by atoms with Crippen molar-refractivity contribution in [1.29, 1.82) is 0 Å². The highest BCUT2D eigenvalue weighted by molar-refractivity contribution is 7.13. The molecular weight excluding hydrogens is 416 g/mol. The highest BCUT2D eigenvalue weighted by Gasteiger charge is 2.30. The molecule has 0 spiro atoms. The van der Waals surface area contributed by atoms with E-state index in [9.17, 15) is 4.79 Å². The number of hydrogen-bond donors (Lipinski definition) is 0. The van der Waals surface area contributed by atoms with E-state index in [1.54, 1.807) is 6.92 Å². The van der Waals surface area contributed by atoms with Crippen LogP contribution < -0.4 is 4.74 Å². The molecule has 0 amide bonds. The Balaban J connectivity index is 1.26. The van der Waals surface area contributed by atoms with E-state index in [1.165, 1.54) is 28.0 Å². The van der Waals surface area contributed by atoms with E-state index in [4.69, 9.17) is 14.2 Å². The molecule has 0 aliphatic heterocycles. The number of esters is 1. The summed E-state index contributed by atoms with van der Waals surface area (Å²) in [6.45, 7) is 2.84. The van der Waals surface area contributed by atoms with Gasteiger partial charge in [-0.1, -0.05) is 12.1 Å². The number of methoxy groups -OCH3 is 1. The van der Waals surface area contributed by atoms with Gasteiger partial charge < -0.3 is 14.2 Å². The Morgan fingerprint density at radius 2 is 1.70 bits per heavy atom. The summed E-state index contributed by atoms with van der Waals surface area (Å²) in [5.74, 6) is 1.05. The van der Waals surface area contributed by atoms with E-state index < -0.39 is 6.10 Å². The maximum Gasteiger partial charge on any atom is 0.335 e. The van der Waals surface area contributed by atoms with Gasteiger partial charge in [-0.3, -0.25) is 0 Å². The SMILES string of the molecule is CCOC(=O)C(Cc1ccc(OCCCC2c3sccc3-c3ccsc32)cc1)OC. The van der Waals surface area contributed by atoms with Gasteiger partial charge in [-0.25, -0.2) is 4.79 Å². The zero-order valence-electron chi connectivity index (χ0n) is 17.3. The fraction of sp³-hybridized carbons (Fsp3) is 0.375. The maximum absolute atomic E-state index is 11.9. The van der Waals surface area contributed by atoms with Crippen molar-refractivity contribution in [3.05, 3.63) is 62.5 Å². The summed E-state index contributed by atoms with van der Waals surface area (Å²) in [5, 5.41) is 4.40. The van der Waals surface area contributed by atoms with Gasteiger partial charge in [0.15, 0.2) is 6.10 Å². The van der Waals surface area contributed by atoms with E-state index in [0.717, 1.165) is 24.2 Å². The largest absolute Gasteiger partial charge is 0.494 e. The molecule has 3 aromatic rings. The van der Waals surface area contributed by atoms with Crippen molar-refractivity contribution < 1.29 is 19.0 Å². The average Bonchev–Trinajstić information content (AvgIpc) is 3.46. The molecule has 1 aromatic carbocycles. The number of carbonyl (C=O) groups excluding carboxylic acids is 1. The molecule has 0 saturated heterocycles. The lowest BCUT2D eigenvalue weighted by Crippen LogP contribution is -2.27. The lowest BCUT2D eigenvalue weighted by Gasteiger charge is -2.14. The molecule has 0 bridgehead atoms. The minimum absolute atomic E-state index is 0.324. The first-order valence-corrected chi connectivity index (χ1v) is 12.0. The van der Waals surface area contributed by atoms with Crippen LogP contribution in [0.4, 0.5) is 0 Å². The quantitative estimate of drug-likeness (QED) is 0.290. The molecular formula is C24H26O4S2. The zero-order chi connectivity index (χ0) is 20.9. The van der Waals surface area contributed by atoms with Crippen molar-refractivity contribution in [2.24, 2.45) is 0 Å². The lowest BCUT2D eigenvalue weighted by molar-refractivity contribution is -0.154. The predicted molar refractivity (Wildman–Crippen MR) is 122 cm³/mol. The van der Waals surface area contributed by atoms with Crippen LogP contribution in [0.2, 0.25) is 0 Å². The Labute approximate surface area is 185 Å². The van der Waals surface area contributed by atoms with Crippen molar-refractivity contribution in [2.45, 2.75) is 38.2 Å². The van der Waals surface area contributed by atoms with Crippen molar-refractivity contribution in [2.75, 3.05) is 20.3 Å². The second-order valence-electron chi connectivity index (χ2n) is 7.26. The molecule has 1 unspecified atom stereocenters. The summed E-state index contributed by atoms with van der Waals surface area (Å²) >= 11 is 3.74. The number of ether oxygens (including phenoxy) is 3. The molecule has 0 N–H and O–H groups in total. The van der Waals surface area contributed by atoms with Crippen LogP contribution in [-0.4, -0.2) is 32.4 Å². The number of fused-ring (bicyclic) bond motifs is 3. The minimum atomic E-state index is -0.576. The predicted octanol–water partition coefficient (Wildman–Crippen LogP) is 5.90. The van der Waals surface area contributed by atoms with E-state index in [1.807, 2.05) is 46.9 Å². The standard InChI is InChI=1S/C24H26O4S2/c1-3-27-24(25)21(26-2)15-16-6-8-17(9-7-16)28-12-4-5-20-22-18(10-13-29-22)19-11-14-30-23(19)20/h6-11,13-14,20-21H,3-5,12,15H2,1-2H3. The molecule has 158 valence electrons. The fourth-order valence-corrected chi connectivity index (χ4v) is 6.11. The van der Waals surface area contributed by atoms with Gasteiger partial charge in [-0.15, -0.1) is 22.7 Å². The van der Waals surface area contributed by atoms with Crippen molar-refractivity contribution in [1.82, 2.24) is 0 Å². The Kier molecular flexibility index (Phi) is 6.87. The van der Waals surface area contributed by atoms with E-state index >= 15 is 0 Å². The first-order valence-electron chi connectivity index (χ1n) is 10.3. The third-order valence-corrected chi connectivity index (χ3v) is 7.46. The Bertz CT molecular complexity index is 933. The summed E-state index contributed by atoms with van der Waals surface area (Å²) in [7, 11) is 1.53. The summed E-state index contributed by atoms with van der Waals surface area (Å²) in [4.78, 5) is 14.9. The zero-order valence-corrected chi connectivity index (χ0v) is 18.9. The van der Waals surface area contributed by atoms with Crippen molar-refractivity contribution >= 4 is 28.6 Å². The van der Waals surface area contributed by atoms with Gasteiger partial charge in [0.05, 0.1) is 13.2 Å². The first-order chi connectivity index (χ1) is 14.7. The molecule has 1 aliphatic carbocycles. The molecule has 0 fully saturated rings. The van der Waals surface area contributed by atoms with E-state index in [0.29, 0.717) is 25.6 Å². The molecule has 6 heteroatoms. The molecule has 30 heavy (non-hydrogen) atoms. The van der Waals surface area contributed by atoms with E-state index in [2.05, 4.69) is 22.9 Å². The molecule has 4 nitrogen and oxygen atoms in total. The van der Waals surface area contributed by atoms with Gasteiger partial charge >= 0.3 is 5.97 Å². The van der Waals surface area contributed by atoms with Crippen LogP contribution in [0.25, 0.3) is 11.1 Å². The summed E-state index contributed by atoms with van der Waals surface area (Å²) in [5.41, 5.74) is 3.87. The number of carbonyl (C=O) groups is 1. The van der Waals surface area contributed by atoms with Crippen LogP contribution in [0.3, 0.4) is 0 Å². The lowest BCUT2D eigenvalue weighted by atomic mass is 10.0. The van der Waals surface area contributed by atoms with Gasteiger partial charge in [0.25, 0.3) is 0 Å². The Hall–Kier alpha value is -2.15. The molecule has 2 heterocycles. The summed E-state index contributed by atoms with van der Waals surface area (Å²) < 4.78 is 16.3. The van der Waals surface area contributed by atoms with Crippen molar-refractivity contribution in [3.63, 3.8) is 0 Å². The highest BCUT2D eigenvalue weighted by Crippen LogP contribution is 2.51. The first kappa shape index (κ1) is 21.1. The highest BCUT2D eigenvalue weighted by atomic mass is 32.1. The molecule has 2 aromatic heterocycles. The topological polar surface area (TPSA) is 44.8 Å². The average molecular weight is 443 g/mol. The van der Waals surface area contributed by atoms with Crippen LogP contribution in [0, 0.1) is 0 Å². The van der Waals surface area contributed by atoms with E-state index in [-0.39, 0.29) is 5.97 Å². The van der Waals surface area contributed by atoms with Crippen LogP contribution in [-0.2, 0) is 20.7 Å². The van der Waals surface area contributed by atoms with Crippen LogP contribution in [0.1, 0.15) is 41.0 Å². The second-order valence-corrected chi connectivity index (χ2v) is 9.16. The van der Waals surface area contributed by atoms with Gasteiger partial charge in [-0.2, -0.15) is 0 Å². The number of thiophene rings is 2. The fourth-order valence-electron chi connectivity index (χ4n) is 3.92. The maximum atomic E-state index is 11.9. The Morgan fingerprint density at radius 1 is 1.03 bits per heavy atom. The normalized spacial score (nSPS) is 13.7. The molecule has 1 aliphatic rings. The third kappa shape index (κ3) is 4.46. The van der Waals surface area contributed by atoms with Crippen molar-refractivity contribution in [3.8, 4) is 16.9 Å². The monoisotopic (exact) mass is 442 g/mol. The third-order valence-electron chi connectivity index (χ3n) is 5.40.